The molecule has 100 valence electrons. The van der Waals surface area contributed by atoms with Gasteiger partial charge < -0.3 is 14.6 Å². The van der Waals surface area contributed by atoms with Crippen LogP contribution >= 0.6 is 0 Å². The Morgan fingerprint density at radius 1 is 1.21 bits per heavy atom. The highest BCUT2D eigenvalue weighted by atomic mass is 16.7. The minimum absolute atomic E-state index is 0.131. The zero-order valence-corrected chi connectivity index (χ0v) is 11.6. The van der Waals surface area contributed by atoms with Gasteiger partial charge in [-0.3, -0.25) is 9.78 Å². The molecule has 0 bridgehead atoms. The maximum absolute atomic E-state index is 11.6. The molecule has 1 saturated heterocycles. The van der Waals surface area contributed by atoms with Crippen molar-refractivity contribution in [2.45, 2.75) is 45.4 Å². The average Bonchev–Trinajstić information content (AvgIpc) is 2.78. The largest absolute Gasteiger partial charge is 0.514 e. The summed E-state index contributed by atoms with van der Waals surface area (Å²) >= 11 is 0. The van der Waals surface area contributed by atoms with E-state index in [0.29, 0.717) is 17.8 Å². The summed E-state index contributed by atoms with van der Waals surface area (Å²) in [5.74, 6) is -0.131. The van der Waals surface area contributed by atoms with Gasteiger partial charge in [-0.2, -0.15) is 0 Å². The summed E-state index contributed by atoms with van der Waals surface area (Å²) in [5.41, 5.74) is 1.24. The third-order valence-electron chi connectivity index (χ3n) is 4.15. The highest BCUT2D eigenvalue weighted by Gasteiger charge is 2.52. The molecule has 0 radical (unpaired) electrons. The third-order valence-corrected chi connectivity index (χ3v) is 4.15. The molecular weight excluding hydrogens is 243 g/mol. The van der Waals surface area contributed by atoms with Crippen LogP contribution in [0.25, 0.3) is 0 Å². The van der Waals surface area contributed by atoms with Crippen molar-refractivity contribution in [2.75, 3.05) is 0 Å². The molecule has 1 N–H and O–H groups in total. The van der Waals surface area contributed by atoms with Crippen molar-refractivity contribution in [3.63, 3.8) is 0 Å². The summed E-state index contributed by atoms with van der Waals surface area (Å²) in [6.07, 6.45) is 0. The summed E-state index contributed by atoms with van der Waals surface area (Å²) in [5, 5.41) is 2.75. The fourth-order valence-corrected chi connectivity index (χ4v) is 2.20. The molecule has 0 atom stereocenters. The predicted octanol–water partition coefficient (Wildman–Crippen LogP) is 0.624. The molecule has 1 aromatic heterocycles. The van der Waals surface area contributed by atoms with Crippen LogP contribution in [0, 0.1) is 0 Å². The van der Waals surface area contributed by atoms with Gasteiger partial charge in [-0.15, -0.1) is 0 Å². The topological polar surface area (TPSA) is 60.5 Å². The quantitative estimate of drug-likeness (QED) is 0.752. The monoisotopic (exact) mass is 260 g/mol. The normalized spacial score (nSPS) is 23.4. The number of carbonyl (C=O) groups is 1. The van der Waals surface area contributed by atoms with Gasteiger partial charge in [-0.25, -0.2) is 0 Å². The Bertz CT molecular complexity index is 541. The van der Waals surface area contributed by atoms with E-state index in [1.165, 1.54) is 0 Å². The number of rotatable bonds is 1. The van der Waals surface area contributed by atoms with E-state index >= 15 is 0 Å². The lowest BCUT2D eigenvalue weighted by Gasteiger charge is -2.32. The number of aromatic nitrogens is 1. The van der Waals surface area contributed by atoms with E-state index in [0.717, 1.165) is 5.56 Å². The summed E-state index contributed by atoms with van der Waals surface area (Å²) in [4.78, 5) is 16.0. The Morgan fingerprint density at radius 2 is 1.84 bits per heavy atom. The second-order valence-electron chi connectivity index (χ2n) is 6.01. The minimum Gasteiger partial charge on any atom is -0.398 e. The van der Waals surface area contributed by atoms with E-state index in [-0.39, 0.29) is 5.91 Å². The number of hydrogen-bond donors (Lipinski definition) is 1. The summed E-state index contributed by atoms with van der Waals surface area (Å²) < 4.78 is 11.9. The maximum atomic E-state index is 11.6. The van der Waals surface area contributed by atoms with E-state index in [9.17, 15) is 4.79 Å². The smallest absolute Gasteiger partial charge is 0.398 e. The molecule has 1 aromatic rings. The van der Waals surface area contributed by atoms with Crippen molar-refractivity contribution in [1.82, 2.24) is 10.3 Å². The lowest BCUT2D eigenvalue weighted by atomic mass is 9.84. The molecule has 0 saturated carbocycles. The van der Waals surface area contributed by atoms with Crippen LogP contribution in [0.1, 0.15) is 43.7 Å². The molecule has 2 aliphatic heterocycles. The fraction of sp³-hybridized carbons (Fsp3) is 0.538. The van der Waals surface area contributed by atoms with Gasteiger partial charge in [-0.1, -0.05) is 6.07 Å². The molecule has 0 unspecified atom stereocenters. The van der Waals surface area contributed by atoms with Crippen LogP contribution in [0.15, 0.2) is 12.1 Å². The van der Waals surface area contributed by atoms with Gasteiger partial charge in [-0.05, 0) is 33.8 Å². The van der Waals surface area contributed by atoms with Gasteiger partial charge >= 0.3 is 7.12 Å². The van der Waals surface area contributed by atoms with Gasteiger partial charge in [0.2, 0.25) is 0 Å². The first kappa shape index (κ1) is 12.6. The van der Waals surface area contributed by atoms with Crippen molar-refractivity contribution in [2.24, 2.45) is 0 Å². The predicted molar refractivity (Wildman–Crippen MR) is 71.1 cm³/mol. The minimum atomic E-state index is -0.524. The molecule has 3 heterocycles. The van der Waals surface area contributed by atoms with Gasteiger partial charge in [0, 0.05) is 12.1 Å². The second-order valence-corrected chi connectivity index (χ2v) is 6.01. The van der Waals surface area contributed by atoms with Crippen LogP contribution in [-0.4, -0.2) is 29.2 Å². The van der Waals surface area contributed by atoms with Crippen molar-refractivity contribution >= 4 is 18.6 Å². The van der Waals surface area contributed by atoms with Crippen molar-refractivity contribution in [3.05, 3.63) is 23.4 Å². The Balaban J connectivity index is 1.93. The van der Waals surface area contributed by atoms with Gasteiger partial charge in [0.25, 0.3) is 5.91 Å². The number of nitrogens with zero attached hydrogens (tertiary/aromatic N) is 1. The Hall–Kier alpha value is -1.40. The molecular formula is C13H17BN2O3. The number of nitrogens with one attached hydrogen (secondary N) is 1. The second kappa shape index (κ2) is 3.80. The lowest BCUT2D eigenvalue weighted by molar-refractivity contribution is 0.00578. The Labute approximate surface area is 112 Å². The Morgan fingerprint density at radius 3 is 2.47 bits per heavy atom. The summed E-state index contributed by atoms with van der Waals surface area (Å²) in [6.45, 7) is 8.52. The molecule has 0 aromatic carbocycles. The molecule has 19 heavy (non-hydrogen) atoms. The van der Waals surface area contributed by atoms with Gasteiger partial charge in [0.15, 0.2) is 0 Å². The maximum Gasteiger partial charge on any atom is 0.514 e. The average molecular weight is 260 g/mol. The fourth-order valence-electron chi connectivity index (χ4n) is 2.20. The molecule has 0 spiro atoms. The summed E-state index contributed by atoms with van der Waals surface area (Å²) in [7, 11) is -0.524. The van der Waals surface area contributed by atoms with Crippen LogP contribution in [0.3, 0.4) is 0 Å². The van der Waals surface area contributed by atoms with Gasteiger partial charge in [0.05, 0.1) is 16.8 Å². The molecule has 2 aliphatic rings. The number of hydrogen-bond acceptors (Lipinski definition) is 4. The molecule has 0 aliphatic carbocycles. The lowest BCUT2D eigenvalue weighted by Crippen LogP contribution is -2.41. The van der Waals surface area contributed by atoms with Crippen LogP contribution in [0.4, 0.5) is 0 Å². The van der Waals surface area contributed by atoms with Crippen molar-refractivity contribution < 1.29 is 14.1 Å². The number of carbonyl (C=O) groups excluding carboxylic acids is 1. The summed E-state index contributed by atoms with van der Waals surface area (Å²) in [6, 6.07) is 3.77. The van der Waals surface area contributed by atoms with Crippen LogP contribution in [0.5, 0.6) is 0 Å². The number of pyridine rings is 1. The standard InChI is InChI=1S/C13H17BN2O3/c1-12(2)13(3,4)19-14(18-12)9-6-5-8-7-15-11(17)10(8)16-9/h5-6H,7H2,1-4H3,(H,15,17). The molecule has 1 fully saturated rings. The van der Waals surface area contributed by atoms with Crippen LogP contribution in [0.2, 0.25) is 0 Å². The number of fused-ring (bicyclic) bond motifs is 1. The highest BCUT2D eigenvalue weighted by molar-refractivity contribution is 6.61. The first-order valence-electron chi connectivity index (χ1n) is 6.44. The Kier molecular flexibility index (Phi) is 2.53. The van der Waals surface area contributed by atoms with Crippen LogP contribution in [-0.2, 0) is 15.9 Å². The van der Waals surface area contributed by atoms with E-state index in [1.807, 2.05) is 39.8 Å². The van der Waals surface area contributed by atoms with Crippen molar-refractivity contribution in [1.29, 1.82) is 0 Å². The zero-order valence-electron chi connectivity index (χ0n) is 11.6. The SMILES string of the molecule is CC1(C)OB(c2ccc3c(n2)C(=O)NC3)OC1(C)C. The first-order valence-corrected chi connectivity index (χ1v) is 6.44. The van der Waals surface area contributed by atoms with Crippen molar-refractivity contribution in [3.8, 4) is 0 Å². The first-order chi connectivity index (χ1) is 8.80. The van der Waals surface area contributed by atoms with E-state index in [4.69, 9.17) is 9.31 Å². The molecule has 1 amide bonds. The third kappa shape index (κ3) is 1.86. The molecule has 5 nitrogen and oxygen atoms in total. The number of amides is 1. The van der Waals surface area contributed by atoms with Gasteiger partial charge in [0.1, 0.15) is 5.69 Å². The van der Waals surface area contributed by atoms with E-state index in [1.54, 1.807) is 0 Å². The molecule has 6 heteroatoms. The van der Waals surface area contributed by atoms with Crippen LogP contribution < -0.4 is 10.9 Å². The zero-order chi connectivity index (χ0) is 13.8. The van der Waals surface area contributed by atoms with E-state index in [2.05, 4.69) is 10.3 Å². The highest BCUT2D eigenvalue weighted by Crippen LogP contribution is 2.36. The van der Waals surface area contributed by atoms with E-state index < -0.39 is 18.3 Å². The molecule has 3 rings (SSSR count).